The predicted molar refractivity (Wildman–Crippen MR) is 103 cm³/mol. The number of nitrogens with zero attached hydrogens (tertiary/aromatic N) is 3. The molecule has 2 aromatic rings. The highest BCUT2D eigenvalue weighted by molar-refractivity contribution is 14.1. The number of nitrogens with one attached hydrogen (secondary N) is 1. The molecule has 122 valence electrons. The van der Waals surface area contributed by atoms with Crippen LogP contribution in [-0.4, -0.2) is 22.3 Å². The fourth-order valence-electron chi connectivity index (χ4n) is 2.60. The molecule has 2 aliphatic heterocycles. The van der Waals surface area contributed by atoms with Crippen molar-refractivity contribution in [3.63, 3.8) is 0 Å². The Morgan fingerprint density at radius 3 is 2.92 bits per heavy atom. The molecule has 1 N–H and O–H groups in total. The first-order chi connectivity index (χ1) is 11.6. The number of benzene rings is 1. The summed E-state index contributed by atoms with van der Waals surface area (Å²) >= 11 is 6.93. The summed E-state index contributed by atoms with van der Waals surface area (Å²) in [6.45, 7) is 0. The first-order valence-electron chi connectivity index (χ1n) is 6.93. The highest BCUT2D eigenvalue weighted by Crippen LogP contribution is 2.34. The summed E-state index contributed by atoms with van der Waals surface area (Å²) in [7, 11) is 0. The van der Waals surface area contributed by atoms with Crippen LogP contribution in [0.4, 0.5) is 0 Å². The van der Waals surface area contributed by atoms with E-state index in [-0.39, 0.29) is 5.91 Å². The lowest BCUT2D eigenvalue weighted by molar-refractivity contribution is -0.116. The number of furan rings is 1. The van der Waals surface area contributed by atoms with Crippen molar-refractivity contribution >= 4 is 67.1 Å². The fourth-order valence-corrected chi connectivity index (χ4v) is 3.68. The Labute approximate surface area is 163 Å². The molecule has 1 aromatic carbocycles. The molecule has 0 fully saturated rings. The number of amidine groups is 1. The van der Waals surface area contributed by atoms with Crippen LogP contribution in [-0.2, 0) is 4.79 Å². The molecular formula is C15H10BrIN4O2S. The molecule has 24 heavy (non-hydrogen) atoms. The van der Waals surface area contributed by atoms with Crippen molar-refractivity contribution in [1.82, 2.24) is 10.3 Å². The van der Waals surface area contributed by atoms with E-state index in [0.29, 0.717) is 16.6 Å². The summed E-state index contributed by atoms with van der Waals surface area (Å²) in [5.41, 5.74) is 0.478. The zero-order chi connectivity index (χ0) is 16.8. The van der Waals surface area contributed by atoms with E-state index in [2.05, 4.69) is 48.9 Å². The van der Waals surface area contributed by atoms with Gasteiger partial charge >= 0.3 is 0 Å². The third-order valence-corrected chi connectivity index (χ3v) is 6.33. The standard InChI is InChI=1S/C15H10BrIN4O2S/c1-24-15-19-14(22)11-7-4-2-3-5-9(7)18-13(21(11)20-15)10-6-8(16)12(17)23-10/h2-6,13H,1H3,(H,19,20,22)/t13-/m1/s1. The zero-order valence-electron chi connectivity index (χ0n) is 12.3. The Hall–Kier alpha value is -1.33. The molecule has 1 aromatic heterocycles. The number of thioether (sulfide) groups is 1. The summed E-state index contributed by atoms with van der Waals surface area (Å²) in [6.07, 6.45) is 1.34. The van der Waals surface area contributed by atoms with E-state index >= 15 is 0 Å². The first-order valence-corrected chi connectivity index (χ1v) is 10.0. The monoisotopic (exact) mass is 516 g/mol. The van der Waals surface area contributed by atoms with E-state index in [1.165, 1.54) is 11.8 Å². The molecule has 9 heteroatoms. The summed E-state index contributed by atoms with van der Waals surface area (Å²) in [4.78, 5) is 17.4. The number of halogens is 2. The lowest BCUT2D eigenvalue weighted by Gasteiger charge is -2.32. The molecule has 0 unspecified atom stereocenters. The highest BCUT2D eigenvalue weighted by Gasteiger charge is 2.35. The zero-order valence-corrected chi connectivity index (χ0v) is 16.8. The van der Waals surface area contributed by atoms with Gasteiger partial charge in [-0.3, -0.25) is 10.1 Å². The minimum absolute atomic E-state index is 0.193. The van der Waals surface area contributed by atoms with Crippen molar-refractivity contribution in [1.29, 1.82) is 0 Å². The molecule has 4 rings (SSSR count). The SMILES string of the molecule is CSC1=NN2C(=c3ccccc3=N[C@H]2c2cc(Br)c(I)o2)C(=O)N1. The van der Waals surface area contributed by atoms with Crippen LogP contribution >= 0.6 is 50.3 Å². The van der Waals surface area contributed by atoms with Gasteiger partial charge in [-0.15, -0.1) is 5.10 Å². The number of carbonyl (C=O) groups excluding carboxylic acids is 1. The van der Waals surface area contributed by atoms with Crippen LogP contribution in [0.1, 0.15) is 11.9 Å². The molecule has 0 spiro atoms. The Morgan fingerprint density at radius 2 is 2.21 bits per heavy atom. The van der Waals surface area contributed by atoms with Gasteiger partial charge in [-0.25, -0.2) is 10.0 Å². The van der Waals surface area contributed by atoms with Gasteiger partial charge in [0.15, 0.2) is 14.7 Å². The average molecular weight is 517 g/mol. The smallest absolute Gasteiger partial charge is 0.276 e. The highest BCUT2D eigenvalue weighted by atomic mass is 127. The van der Waals surface area contributed by atoms with E-state index in [1.807, 2.05) is 36.6 Å². The van der Waals surface area contributed by atoms with E-state index in [0.717, 1.165) is 18.8 Å². The molecule has 0 saturated carbocycles. The Morgan fingerprint density at radius 1 is 1.42 bits per heavy atom. The first kappa shape index (κ1) is 16.2. The molecule has 0 bridgehead atoms. The second kappa shape index (κ2) is 6.19. The third kappa shape index (κ3) is 2.58. The van der Waals surface area contributed by atoms with Gasteiger partial charge in [-0.1, -0.05) is 30.0 Å². The second-order valence-electron chi connectivity index (χ2n) is 5.05. The third-order valence-electron chi connectivity index (χ3n) is 3.63. The van der Waals surface area contributed by atoms with Crippen LogP contribution in [0.2, 0.25) is 0 Å². The van der Waals surface area contributed by atoms with E-state index in [4.69, 9.17) is 9.41 Å². The van der Waals surface area contributed by atoms with Crippen LogP contribution in [0.3, 0.4) is 0 Å². The Kier molecular flexibility index (Phi) is 4.17. The summed E-state index contributed by atoms with van der Waals surface area (Å²) < 4.78 is 7.39. The summed E-state index contributed by atoms with van der Waals surface area (Å²) in [6, 6.07) is 9.40. The molecule has 0 radical (unpaired) electrons. The normalized spacial score (nSPS) is 19.2. The molecular weight excluding hydrogens is 507 g/mol. The summed E-state index contributed by atoms with van der Waals surface area (Å²) in [5, 5.41) is 11.0. The second-order valence-corrected chi connectivity index (χ2v) is 7.68. The lowest BCUT2D eigenvalue weighted by atomic mass is 10.1. The molecule has 6 nitrogen and oxygen atoms in total. The number of amides is 1. The number of rotatable bonds is 1. The van der Waals surface area contributed by atoms with Crippen LogP contribution in [0, 0.1) is 3.77 Å². The maximum atomic E-state index is 12.6. The van der Waals surface area contributed by atoms with Crippen LogP contribution in [0.15, 0.2) is 49.3 Å². The average Bonchev–Trinajstić information content (AvgIpc) is 2.92. The molecule has 0 aliphatic carbocycles. The van der Waals surface area contributed by atoms with Crippen molar-refractivity contribution in [2.45, 2.75) is 6.17 Å². The fraction of sp³-hybridized carbons (Fsp3) is 0.133. The largest absolute Gasteiger partial charge is 0.450 e. The van der Waals surface area contributed by atoms with Crippen molar-refractivity contribution in [3.05, 3.63) is 54.9 Å². The van der Waals surface area contributed by atoms with Gasteiger partial charge in [0.05, 0.1) is 9.83 Å². The number of fused-ring (bicyclic) bond motifs is 2. The molecule has 3 heterocycles. The van der Waals surface area contributed by atoms with E-state index in [1.54, 1.807) is 5.01 Å². The van der Waals surface area contributed by atoms with Gasteiger partial charge in [0.25, 0.3) is 5.91 Å². The maximum Gasteiger partial charge on any atom is 0.276 e. The minimum Gasteiger partial charge on any atom is -0.450 e. The molecule has 0 saturated heterocycles. The van der Waals surface area contributed by atoms with Gasteiger partial charge in [0.1, 0.15) is 5.70 Å². The lowest BCUT2D eigenvalue weighted by Crippen LogP contribution is -2.50. The van der Waals surface area contributed by atoms with Gasteiger partial charge in [0, 0.05) is 27.8 Å². The topological polar surface area (TPSA) is 70.2 Å². The van der Waals surface area contributed by atoms with E-state index < -0.39 is 6.17 Å². The molecule has 2 aliphatic rings. The van der Waals surface area contributed by atoms with Gasteiger partial charge < -0.3 is 4.42 Å². The number of hydrogen-bond donors (Lipinski definition) is 1. The number of hydrogen-bond acceptors (Lipinski definition) is 6. The maximum absolute atomic E-state index is 12.6. The van der Waals surface area contributed by atoms with Crippen molar-refractivity contribution < 1.29 is 9.21 Å². The predicted octanol–water partition coefficient (Wildman–Crippen LogP) is 2.15. The quantitative estimate of drug-likeness (QED) is 0.590. The number of carbonyl (C=O) groups is 1. The van der Waals surface area contributed by atoms with Crippen LogP contribution < -0.4 is 15.9 Å². The van der Waals surface area contributed by atoms with Crippen LogP contribution in [0.25, 0.3) is 5.70 Å². The number of para-hydroxylation sites is 1. The van der Waals surface area contributed by atoms with Crippen LogP contribution in [0.5, 0.6) is 0 Å². The van der Waals surface area contributed by atoms with Gasteiger partial charge in [-0.05, 0) is 34.3 Å². The van der Waals surface area contributed by atoms with Crippen molar-refractivity contribution in [3.8, 4) is 0 Å². The van der Waals surface area contributed by atoms with Crippen molar-refractivity contribution in [2.75, 3.05) is 6.26 Å². The Bertz CT molecular complexity index is 984. The molecule has 1 amide bonds. The van der Waals surface area contributed by atoms with Crippen molar-refractivity contribution in [2.24, 2.45) is 10.1 Å². The number of hydrazone groups is 1. The van der Waals surface area contributed by atoms with E-state index in [9.17, 15) is 4.79 Å². The Balaban J connectivity index is 1.99. The molecule has 1 atom stereocenters. The summed E-state index contributed by atoms with van der Waals surface area (Å²) in [5.74, 6) is 0.430. The van der Waals surface area contributed by atoms with Gasteiger partial charge in [-0.2, -0.15) is 0 Å². The minimum atomic E-state index is -0.525. The van der Waals surface area contributed by atoms with Gasteiger partial charge in [0.2, 0.25) is 6.17 Å².